The highest BCUT2D eigenvalue weighted by atomic mass is 14.1. The molecule has 1 atom stereocenters. The lowest BCUT2D eigenvalue weighted by Crippen LogP contribution is -1.99. The molecule has 0 heteroatoms. The minimum Gasteiger partial charge on any atom is -0.0837 e. The van der Waals surface area contributed by atoms with Gasteiger partial charge in [-0.3, -0.25) is 0 Å². The zero-order chi connectivity index (χ0) is 15.9. The van der Waals surface area contributed by atoms with Gasteiger partial charge in [0, 0.05) is 0 Å². The lowest BCUT2D eigenvalue weighted by Gasteiger charge is -2.14. The Bertz CT molecular complexity index is 363. The van der Waals surface area contributed by atoms with Crippen LogP contribution in [0.1, 0.15) is 90.0 Å². The monoisotopic (exact) mass is 300 g/mol. The molecule has 0 aliphatic heterocycles. The van der Waals surface area contributed by atoms with Crippen molar-refractivity contribution in [1.82, 2.24) is 0 Å². The maximum atomic E-state index is 2.40. The van der Waals surface area contributed by atoms with Crippen molar-refractivity contribution in [2.24, 2.45) is 5.92 Å². The fourth-order valence-corrected chi connectivity index (χ4v) is 3.05. The zero-order valence-corrected chi connectivity index (χ0v) is 14.9. The molecule has 22 heavy (non-hydrogen) atoms. The van der Waals surface area contributed by atoms with E-state index in [1.54, 1.807) is 0 Å². The molecular weight excluding hydrogens is 264 g/mol. The van der Waals surface area contributed by atoms with E-state index in [1.165, 1.54) is 76.2 Å². The smallest absolute Gasteiger partial charge is 0.0260 e. The maximum Gasteiger partial charge on any atom is -0.0260 e. The summed E-state index contributed by atoms with van der Waals surface area (Å²) in [5.74, 6) is 0.895. The molecule has 0 fully saturated rings. The molecule has 0 saturated heterocycles. The van der Waals surface area contributed by atoms with E-state index in [0.717, 1.165) is 5.92 Å². The van der Waals surface area contributed by atoms with Gasteiger partial charge in [0.2, 0.25) is 0 Å². The summed E-state index contributed by atoms with van der Waals surface area (Å²) in [6, 6.07) is 10.7. The Balaban J connectivity index is 2.26. The maximum absolute atomic E-state index is 2.40. The lowest BCUT2D eigenvalue weighted by molar-refractivity contribution is 0.414. The van der Waals surface area contributed by atoms with E-state index in [2.05, 4.69) is 56.3 Å². The molecule has 0 aliphatic rings. The molecule has 0 N–H and O–H groups in total. The van der Waals surface area contributed by atoms with Gasteiger partial charge in [0.1, 0.15) is 0 Å². The van der Waals surface area contributed by atoms with Crippen molar-refractivity contribution in [3.63, 3.8) is 0 Å². The average molecular weight is 301 g/mol. The van der Waals surface area contributed by atoms with E-state index < -0.39 is 0 Å². The summed E-state index contributed by atoms with van der Waals surface area (Å²) < 4.78 is 0. The van der Waals surface area contributed by atoms with Gasteiger partial charge in [-0.25, -0.2) is 0 Å². The van der Waals surface area contributed by atoms with Crippen LogP contribution in [0, 0.1) is 5.92 Å². The molecule has 0 nitrogen and oxygen atoms in total. The molecule has 0 saturated carbocycles. The Morgan fingerprint density at radius 2 is 1.41 bits per heavy atom. The third-order valence-electron chi connectivity index (χ3n) is 4.51. The zero-order valence-electron chi connectivity index (χ0n) is 14.9. The number of hydrogen-bond donors (Lipinski definition) is 0. The molecule has 1 rings (SSSR count). The Morgan fingerprint density at radius 1 is 0.773 bits per heavy atom. The summed E-state index contributed by atoms with van der Waals surface area (Å²) >= 11 is 0. The first-order chi connectivity index (χ1) is 10.9. The van der Waals surface area contributed by atoms with Gasteiger partial charge in [-0.05, 0) is 17.9 Å². The summed E-state index contributed by atoms with van der Waals surface area (Å²) in [7, 11) is 0. The summed E-state index contributed by atoms with van der Waals surface area (Å²) in [5.41, 5.74) is 1.33. The van der Waals surface area contributed by atoms with Crippen LogP contribution in [0.5, 0.6) is 0 Å². The second-order valence-corrected chi connectivity index (χ2v) is 6.61. The second kappa shape index (κ2) is 13.6. The number of unbranched alkanes of at least 4 members (excludes halogenated alkanes) is 6. The number of rotatable bonds is 13. The van der Waals surface area contributed by atoms with Crippen LogP contribution in [0.15, 0.2) is 36.4 Å². The highest BCUT2D eigenvalue weighted by molar-refractivity contribution is 5.48. The second-order valence-electron chi connectivity index (χ2n) is 6.61. The van der Waals surface area contributed by atoms with Gasteiger partial charge in [0.25, 0.3) is 0 Å². The minimum absolute atomic E-state index is 0.895. The van der Waals surface area contributed by atoms with E-state index >= 15 is 0 Å². The molecule has 0 spiro atoms. The Kier molecular flexibility index (Phi) is 11.8. The van der Waals surface area contributed by atoms with Crippen LogP contribution in [0.3, 0.4) is 0 Å². The fourth-order valence-electron chi connectivity index (χ4n) is 3.05. The van der Waals surface area contributed by atoms with E-state index in [-0.39, 0.29) is 0 Å². The predicted octanol–water partition coefficient (Wildman–Crippen LogP) is 7.65. The van der Waals surface area contributed by atoms with Crippen molar-refractivity contribution in [2.45, 2.75) is 84.5 Å². The van der Waals surface area contributed by atoms with Crippen LogP contribution in [-0.4, -0.2) is 0 Å². The van der Waals surface area contributed by atoms with E-state index in [0.29, 0.717) is 0 Å². The van der Waals surface area contributed by atoms with Crippen LogP contribution in [0.4, 0.5) is 0 Å². The number of benzene rings is 1. The van der Waals surface area contributed by atoms with Crippen LogP contribution in [-0.2, 0) is 0 Å². The first kappa shape index (κ1) is 19.0. The Hall–Kier alpha value is -1.04. The van der Waals surface area contributed by atoms with Crippen molar-refractivity contribution in [1.29, 1.82) is 0 Å². The van der Waals surface area contributed by atoms with Crippen LogP contribution < -0.4 is 0 Å². The summed E-state index contributed by atoms with van der Waals surface area (Å²) in [6.45, 7) is 4.60. The molecular formula is C22H36. The normalized spacial score (nSPS) is 12.8. The van der Waals surface area contributed by atoms with Gasteiger partial charge in [0.15, 0.2) is 0 Å². The number of allylic oxidation sites excluding steroid dienone is 1. The molecule has 1 aromatic carbocycles. The van der Waals surface area contributed by atoms with Gasteiger partial charge < -0.3 is 0 Å². The molecule has 1 aromatic rings. The third-order valence-corrected chi connectivity index (χ3v) is 4.51. The summed E-state index contributed by atoms with van der Waals surface area (Å²) in [4.78, 5) is 0. The van der Waals surface area contributed by atoms with Gasteiger partial charge >= 0.3 is 0 Å². The van der Waals surface area contributed by atoms with Crippen molar-refractivity contribution in [3.05, 3.63) is 42.0 Å². The van der Waals surface area contributed by atoms with E-state index in [1.807, 2.05) is 0 Å². The largest absolute Gasteiger partial charge is 0.0837 e. The van der Waals surface area contributed by atoms with Crippen molar-refractivity contribution < 1.29 is 0 Å². The van der Waals surface area contributed by atoms with Gasteiger partial charge in [0.05, 0.1) is 0 Å². The highest BCUT2D eigenvalue weighted by Crippen LogP contribution is 2.22. The molecule has 0 bridgehead atoms. The van der Waals surface area contributed by atoms with Gasteiger partial charge in [-0.2, -0.15) is 0 Å². The van der Waals surface area contributed by atoms with E-state index in [9.17, 15) is 0 Å². The summed E-state index contributed by atoms with van der Waals surface area (Å²) in [5, 5.41) is 0. The molecule has 124 valence electrons. The molecule has 0 heterocycles. The highest BCUT2D eigenvalue weighted by Gasteiger charge is 2.06. The van der Waals surface area contributed by atoms with Gasteiger partial charge in [-0.15, -0.1) is 0 Å². The average Bonchev–Trinajstić information content (AvgIpc) is 2.56. The molecule has 0 aromatic heterocycles. The Morgan fingerprint density at radius 3 is 2.14 bits per heavy atom. The SMILES string of the molecule is CCCCCCCCC(CC=Cc1ccccc1)CCCC. The number of hydrogen-bond acceptors (Lipinski definition) is 0. The van der Waals surface area contributed by atoms with Crippen LogP contribution in [0.2, 0.25) is 0 Å². The van der Waals surface area contributed by atoms with Crippen LogP contribution >= 0.6 is 0 Å². The lowest BCUT2D eigenvalue weighted by atomic mass is 9.92. The molecule has 0 radical (unpaired) electrons. The predicted molar refractivity (Wildman–Crippen MR) is 101 cm³/mol. The standard InChI is InChI=1S/C22H36/c1-3-5-7-8-9-11-16-21(15-6-4-2)19-14-20-22-17-12-10-13-18-22/h10,12-14,17-18,20-21H,3-9,11,15-16,19H2,1-2H3. The van der Waals surface area contributed by atoms with Crippen molar-refractivity contribution >= 4 is 6.08 Å². The molecule has 1 unspecified atom stereocenters. The topological polar surface area (TPSA) is 0 Å². The van der Waals surface area contributed by atoms with Gasteiger partial charge in [-0.1, -0.05) is 121 Å². The van der Waals surface area contributed by atoms with Crippen LogP contribution in [0.25, 0.3) is 6.08 Å². The first-order valence-electron chi connectivity index (χ1n) is 9.58. The van der Waals surface area contributed by atoms with Crippen molar-refractivity contribution in [2.75, 3.05) is 0 Å². The first-order valence-corrected chi connectivity index (χ1v) is 9.58. The van der Waals surface area contributed by atoms with Crippen molar-refractivity contribution in [3.8, 4) is 0 Å². The third kappa shape index (κ3) is 9.82. The summed E-state index contributed by atoms with van der Waals surface area (Å²) in [6.07, 6.45) is 20.0. The quantitative estimate of drug-likeness (QED) is 0.328. The molecule has 0 aliphatic carbocycles. The Labute approximate surface area is 139 Å². The van der Waals surface area contributed by atoms with E-state index in [4.69, 9.17) is 0 Å². The minimum atomic E-state index is 0.895. The fraction of sp³-hybridized carbons (Fsp3) is 0.636. The molecule has 0 amide bonds.